The van der Waals surface area contributed by atoms with E-state index in [2.05, 4.69) is 157 Å². The number of nitrogens with zero attached hydrogens (tertiary/aromatic N) is 2. The molecule has 0 amide bonds. The maximum absolute atomic E-state index is 9.70. The minimum Gasteiger partial charge on any atom is -0.455 e. The number of aryl methyl sites for hydroxylation is 2. The predicted molar refractivity (Wildman–Crippen MR) is 218 cm³/mol. The molecule has 9 aromatic rings. The zero-order valence-corrected chi connectivity index (χ0v) is 30.6. The smallest absolute Gasteiger partial charge is 0.295 e. The topological polar surface area (TPSA) is 21.9 Å². The van der Waals surface area contributed by atoms with Crippen LogP contribution in [0.4, 0.5) is 0 Å². The standard InChI is InChI=1S/C49H43N2O/c1-30(2)40-28-37(35-23-21-34(22-24-35)33-14-8-7-9-15-33)29-41(31(3)4)47(40)51-43-19-13-12-18-42(43)50(6)49(51)45-32(5)20-27-44-46(45)39-26-25-36-16-10-11-17-38(36)48(39)52-44/h7-31H,1-6H3/q+1/i30D,31D. The number of para-hydroxylation sites is 2. The summed E-state index contributed by atoms with van der Waals surface area (Å²) < 4.78 is 30.7. The van der Waals surface area contributed by atoms with E-state index in [1.165, 1.54) is 5.56 Å². The van der Waals surface area contributed by atoms with E-state index in [0.29, 0.717) is 0 Å². The van der Waals surface area contributed by atoms with Crippen molar-refractivity contribution in [1.82, 2.24) is 4.57 Å². The molecule has 3 heteroatoms. The van der Waals surface area contributed by atoms with Gasteiger partial charge in [0.2, 0.25) is 0 Å². The van der Waals surface area contributed by atoms with Crippen molar-refractivity contribution < 1.29 is 11.7 Å². The van der Waals surface area contributed by atoms with E-state index in [0.717, 1.165) is 94.2 Å². The number of fused-ring (bicyclic) bond motifs is 6. The molecule has 0 aliphatic heterocycles. The highest BCUT2D eigenvalue weighted by Gasteiger charge is 2.34. The van der Waals surface area contributed by atoms with Gasteiger partial charge in [-0.3, -0.25) is 0 Å². The first kappa shape index (κ1) is 29.8. The molecule has 7 aromatic carbocycles. The van der Waals surface area contributed by atoms with E-state index in [4.69, 9.17) is 4.42 Å². The van der Waals surface area contributed by atoms with E-state index < -0.39 is 11.8 Å². The van der Waals surface area contributed by atoms with Crippen LogP contribution < -0.4 is 4.57 Å². The Morgan fingerprint density at radius 3 is 1.94 bits per heavy atom. The molecule has 0 saturated heterocycles. The lowest BCUT2D eigenvalue weighted by atomic mass is 9.87. The largest absolute Gasteiger partial charge is 0.455 e. The van der Waals surface area contributed by atoms with E-state index in [1.54, 1.807) is 0 Å². The van der Waals surface area contributed by atoms with E-state index in [1.807, 2.05) is 33.8 Å². The van der Waals surface area contributed by atoms with Crippen LogP contribution in [-0.2, 0) is 7.05 Å². The van der Waals surface area contributed by atoms with Crippen LogP contribution in [0.15, 0.2) is 144 Å². The molecular formula is C49H43N2O+. The molecule has 0 unspecified atom stereocenters. The first-order valence-electron chi connectivity index (χ1n) is 19.1. The van der Waals surface area contributed by atoms with Gasteiger partial charge in [0, 0.05) is 30.0 Å². The highest BCUT2D eigenvalue weighted by atomic mass is 16.3. The second-order valence-electron chi connectivity index (χ2n) is 14.5. The van der Waals surface area contributed by atoms with Gasteiger partial charge in [-0.25, -0.2) is 4.57 Å². The molecule has 52 heavy (non-hydrogen) atoms. The maximum Gasteiger partial charge on any atom is 0.295 e. The number of aromatic nitrogens is 2. The highest BCUT2D eigenvalue weighted by Crippen LogP contribution is 2.44. The van der Waals surface area contributed by atoms with E-state index >= 15 is 0 Å². The van der Waals surface area contributed by atoms with Gasteiger partial charge in [-0.1, -0.05) is 131 Å². The van der Waals surface area contributed by atoms with Gasteiger partial charge < -0.3 is 4.42 Å². The molecular weight excluding hydrogens is 633 g/mol. The Labute approximate surface area is 308 Å². The monoisotopic (exact) mass is 677 g/mol. The van der Waals surface area contributed by atoms with Gasteiger partial charge in [0.05, 0.1) is 12.6 Å². The fourth-order valence-corrected chi connectivity index (χ4v) is 8.10. The Kier molecular flexibility index (Phi) is 7.09. The molecule has 0 saturated carbocycles. The minimum absolute atomic E-state index is 0.829. The summed E-state index contributed by atoms with van der Waals surface area (Å²) in [6.07, 6.45) is 0. The molecule has 2 heterocycles. The minimum atomic E-state index is -1.00. The fourth-order valence-electron chi connectivity index (χ4n) is 8.10. The Balaban J connectivity index is 1.38. The molecule has 0 atom stereocenters. The number of hydrogen-bond donors (Lipinski definition) is 0. The van der Waals surface area contributed by atoms with Crippen molar-refractivity contribution in [3.63, 3.8) is 0 Å². The van der Waals surface area contributed by atoms with Crippen LogP contribution >= 0.6 is 0 Å². The quantitative estimate of drug-likeness (QED) is 0.161. The summed E-state index contributed by atoms with van der Waals surface area (Å²) in [5.41, 5.74) is 12.9. The third kappa shape index (κ3) is 4.98. The Morgan fingerprint density at radius 2 is 1.23 bits per heavy atom. The van der Waals surface area contributed by atoms with Crippen LogP contribution in [0.5, 0.6) is 0 Å². The lowest BCUT2D eigenvalue weighted by Crippen LogP contribution is -2.30. The molecule has 3 nitrogen and oxygen atoms in total. The Hall–Kier alpha value is -5.93. The van der Waals surface area contributed by atoms with Crippen LogP contribution in [-0.4, -0.2) is 4.57 Å². The highest BCUT2D eigenvalue weighted by molar-refractivity contribution is 6.19. The maximum atomic E-state index is 9.70. The molecule has 0 spiro atoms. The lowest BCUT2D eigenvalue weighted by Gasteiger charge is -2.21. The van der Waals surface area contributed by atoms with Crippen LogP contribution in [0.25, 0.3) is 83.1 Å². The average Bonchev–Trinajstić information content (AvgIpc) is 3.69. The van der Waals surface area contributed by atoms with Gasteiger partial charge in [-0.15, -0.1) is 0 Å². The van der Waals surface area contributed by atoms with Crippen LogP contribution in [0.1, 0.15) is 58.9 Å². The van der Waals surface area contributed by atoms with Crippen molar-refractivity contribution in [3.05, 3.63) is 156 Å². The number of furan rings is 1. The Morgan fingerprint density at radius 1 is 0.615 bits per heavy atom. The number of benzene rings is 7. The molecule has 0 bridgehead atoms. The fraction of sp³-hybridized carbons (Fsp3) is 0.163. The van der Waals surface area contributed by atoms with Gasteiger partial charge in [0.15, 0.2) is 11.0 Å². The third-order valence-corrected chi connectivity index (χ3v) is 10.7. The second-order valence-corrected chi connectivity index (χ2v) is 14.5. The van der Waals surface area contributed by atoms with Gasteiger partial charge in [0.25, 0.3) is 5.82 Å². The van der Waals surface area contributed by atoms with E-state index in [-0.39, 0.29) is 0 Å². The molecule has 0 aliphatic rings. The summed E-state index contributed by atoms with van der Waals surface area (Å²) in [6, 6.07) is 48.9. The zero-order valence-electron chi connectivity index (χ0n) is 32.6. The lowest BCUT2D eigenvalue weighted by molar-refractivity contribution is -0.633. The van der Waals surface area contributed by atoms with Crippen molar-refractivity contribution >= 4 is 43.7 Å². The number of imidazole rings is 1. The van der Waals surface area contributed by atoms with Crippen LogP contribution in [0.3, 0.4) is 0 Å². The number of hydrogen-bond acceptors (Lipinski definition) is 1. The van der Waals surface area contributed by atoms with Gasteiger partial charge in [0.1, 0.15) is 16.9 Å². The van der Waals surface area contributed by atoms with Crippen molar-refractivity contribution in [2.45, 2.75) is 46.4 Å². The Bertz CT molecular complexity index is 2870. The van der Waals surface area contributed by atoms with Crippen LogP contribution in [0, 0.1) is 6.92 Å². The number of rotatable bonds is 6. The van der Waals surface area contributed by atoms with Crippen molar-refractivity contribution in [2.75, 3.05) is 0 Å². The molecule has 2 aromatic heterocycles. The van der Waals surface area contributed by atoms with Gasteiger partial charge in [-0.2, -0.15) is 4.57 Å². The molecule has 0 N–H and O–H groups in total. The zero-order chi connectivity index (χ0) is 37.5. The van der Waals surface area contributed by atoms with Gasteiger partial charge in [-0.05, 0) is 88.3 Å². The van der Waals surface area contributed by atoms with Crippen molar-refractivity contribution in [2.24, 2.45) is 7.05 Å². The summed E-state index contributed by atoms with van der Waals surface area (Å²) >= 11 is 0. The SMILES string of the molecule is [2H]C(C)(C)c1cc(-c2ccc(-c3ccccc3)cc2)cc(C([2H])(C)C)c1-n1c(-c2c(C)ccc3oc4c5ccccc5ccc4c23)[n+](C)c2ccccc21. The average molecular weight is 678 g/mol. The molecule has 0 aliphatic carbocycles. The van der Waals surface area contributed by atoms with Gasteiger partial charge >= 0.3 is 0 Å². The van der Waals surface area contributed by atoms with E-state index in [9.17, 15) is 2.74 Å². The molecule has 254 valence electrons. The summed E-state index contributed by atoms with van der Waals surface area (Å²) in [5.74, 6) is -1.02. The predicted octanol–water partition coefficient (Wildman–Crippen LogP) is 13.1. The summed E-state index contributed by atoms with van der Waals surface area (Å²) in [6.45, 7) is 10.0. The molecule has 0 radical (unpaired) electrons. The normalized spacial score (nSPS) is 13.0. The first-order chi connectivity index (χ1) is 25.9. The summed E-state index contributed by atoms with van der Waals surface area (Å²) in [7, 11) is 2.13. The van der Waals surface area contributed by atoms with Crippen molar-refractivity contribution in [1.29, 1.82) is 0 Å². The third-order valence-electron chi connectivity index (χ3n) is 10.7. The van der Waals surface area contributed by atoms with Crippen molar-refractivity contribution in [3.8, 4) is 39.3 Å². The van der Waals surface area contributed by atoms with Crippen LogP contribution in [0.2, 0.25) is 0 Å². The molecule has 9 rings (SSSR count). The summed E-state index contributed by atoms with van der Waals surface area (Å²) in [5, 5.41) is 4.35. The summed E-state index contributed by atoms with van der Waals surface area (Å²) in [4.78, 5) is 0. The molecule has 0 fully saturated rings. The first-order valence-corrected chi connectivity index (χ1v) is 18.1. The second kappa shape index (κ2) is 12.4.